The fourth-order valence-corrected chi connectivity index (χ4v) is 2.48. The number of amides is 1. The Labute approximate surface area is 163 Å². The van der Waals surface area contributed by atoms with E-state index >= 15 is 0 Å². The maximum Gasteiger partial charge on any atom is 0.227 e. The van der Waals surface area contributed by atoms with E-state index in [1.54, 1.807) is 30.5 Å². The van der Waals surface area contributed by atoms with Crippen LogP contribution in [-0.2, 0) is 4.79 Å². The standard InChI is InChI=1S/C22H21N3O3/c1-16(26)17-7-9-18(10-8-17)24-21-12-11-19(15-23-21)25-22(27)13-14-28-20-5-3-2-4-6-20/h2-12,15H,13-14H2,1H3,(H,23,24)(H,25,27). The minimum absolute atomic E-state index is 0.0268. The van der Waals surface area contributed by atoms with Gasteiger partial charge in [-0.05, 0) is 55.5 Å². The summed E-state index contributed by atoms with van der Waals surface area (Å²) >= 11 is 0. The Morgan fingerprint density at radius 2 is 1.64 bits per heavy atom. The lowest BCUT2D eigenvalue weighted by atomic mass is 10.1. The smallest absolute Gasteiger partial charge is 0.227 e. The number of nitrogens with zero attached hydrogens (tertiary/aromatic N) is 1. The lowest BCUT2D eigenvalue weighted by Gasteiger charge is -2.09. The summed E-state index contributed by atoms with van der Waals surface area (Å²) < 4.78 is 5.52. The van der Waals surface area contributed by atoms with Crippen molar-refractivity contribution in [1.82, 2.24) is 4.98 Å². The maximum atomic E-state index is 12.0. The zero-order chi connectivity index (χ0) is 19.8. The third kappa shape index (κ3) is 5.67. The Balaban J connectivity index is 1.47. The second-order valence-corrected chi connectivity index (χ2v) is 6.15. The van der Waals surface area contributed by atoms with Gasteiger partial charge in [-0.15, -0.1) is 0 Å². The number of hydrogen-bond acceptors (Lipinski definition) is 5. The van der Waals surface area contributed by atoms with Gasteiger partial charge in [-0.2, -0.15) is 0 Å². The van der Waals surface area contributed by atoms with Crippen LogP contribution in [0.25, 0.3) is 0 Å². The Bertz CT molecular complexity index is 924. The number of anilines is 3. The first-order chi connectivity index (χ1) is 13.6. The fraction of sp³-hybridized carbons (Fsp3) is 0.136. The molecule has 0 radical (unpaired) electrons. The normalized spacial score (nSPS) is 10.2. The molecular weight excluding hydrogens is 354 g/mol. The summed E-state index contributed by atoms with van der Waals surface area (Å²) in [5, 5.41) is 5.94. The molecule has 0 bridgehead atoms. The van der Waals surface area contributed by atoms with Gasteiger partial charge in [0.1, 0.15) is 11.6 Å². The molecule has 6 nitrogen and oxygen atoms in total. The van der Waals surface area contributed by atoms with Crippen molar-refractivity contribution in [3.8, 4) is 5.75 Å². The summed E-state index contributed by atoms with van der Waals surface area (Å²) in [6.45, 7) is 1.84. The fourth-order valence-electron chi connectivity index (χ4n) is 2.48. The molecule has 3 aromatic rings. The highest BCUT2D eigenvalue weighted by molar-refractivity contribution is 5.94. The number of ketones is 1. The molecule has 1 amide bonds. The first-order valence-electron chi connectivity index (χ1n) is 8.92. The largest absolute Gasteiger partial charge is 0.493 e. The predicted octanol–water partition coefficient (Wildman–Crippen LogP) is 4.44. The van der Waals surface area contributed by atoms with Gasteiger partial charge in [0.2, 0.25) is 5.91 Å². The molecule has 1 heterocycles. The minimum Gasteiger partial charge on any atom is -0.493 e. The first kappa shape index (κ1) is 19.1. The predicted molar refractivity (Wildman–Crippen MR) is 109 cm³/mol. The molecule has 0 aliphatic heterocycles. The van der Waals surface area contributed by atoms with E-state index in [2.05, 4.69) is 15.6 Å². The summed E-state index contributed by atoms with van der Waals surface area (Å²) in [4.78, 5) is 27.6. The second-order valence-electron chi connectivity index (χ2n) is 6.15. The molecule has 1 aromatic heterocycles. The monoisotopic (exact) mass is 375 g/mol. The van der Waals surface area contributed by atoms with Gasteiger partial charge in [0.15, 0.2) is 5.78 Å². The number of ether oxygens (including phenoxy) is 1. The van der Waals surface area contributed by atoms with Crippen molar-refractivity contribution in [2.45, 2.75) is 13.3 Å². The van der Waals surface area contributed by atoms with Gasteiger partial charge in [-0.1, -0.05) is 18.2 Å². The number of carbonyl (C=O) groups is 2. The van der Waals surface area contributed by atoms with Crippen molar-refractivity contribution in [2.75, 3.05) is 17.2 Å². The second kappa shape index (κ2) is 9.32. The number of hydrogen-bond donors (Lipinski definition) is 2. The van der Waals surface area contributed by atoms with E-state index in [0.717, 1.165) is 11.4 Å². The molecule has 0 fully saturated rings. The molecule has 0 unspecified atom stereocenters. The zero-order valence-corrected chi connectivity index (χ0v) is 15.5. The Hall–Kier alpha value is -3.67. The topological polar surface area (TPSA) is 80.3 Å². The van der Waals surface area contributed by atoms with Gasteiger partial charge in [-0.25, -0.2) is 4.98 Å². The Morgan fingerprint density at radius 1 is 0.929 bits per heavy atom. The van der Waals surface area contributed by atoms with E-state index in [-0.39, 0.29) is 18.1 Å². The molecule has 3 rings (SSSR count). The lowest BCUT2D eigenvalue weighted by molar-refractivity contribution is -0.116. The molecule has 0 aliphatic rings. The molecule has 142 valence electrons. The average Bonchev–Trinajstić information content (AvgIpc) is 2.71. The molecule has 0 spiro atoms. The van der Waals surface area contributed by atoms with Crippen LogP contribution >= 0.6 is 0 Å². The van der Waals surface area contributed by atoms with Crippen LogP contribution in [0.5, 0.6) is 5.75 Å². The third-order valence-corrected chi connectivity index (χ3v) is 3.95. The summed E-state index contributed by atoms with van der Waals surface area (Å²) in [5.74, 6) is 1.27. The molecule has 2 aromatic carbocycles. The molecule has 6 heteroatoms. The van der Waals surface area contributed by atoms with Crippen LogP contribution < -0.4 is 15.4 Å². The number of aromatic nitrogens is 1. The van der Waals surface area contributed by atoms with Crippen LogP contribution in [-0.4, -0.2) is 23.3 Å². The van der Waals surface area contributed by atoms with E-state index in [4.69, 9.17) is 4.74 Å². The third-order valence-electron chi connectivity index (χ3n) is 3.95. The van der Waals surface area contributed by atoms with Crippen LogP contribution in [0.4, 0.5) is 17.2 Å². The van der Waals surface area contributed by atoms with Gasteiger partial charge < -0.3 is 15.4 Å². The minimum atomic E-state index is -0.140. The van der Waals surface area contributed by atoms with Crippen LogP contribution in [0, 0.1) is 0 Å². The zero-order valence-electron chi connectivity index (χ0n) is 15.5. The SMILES string of the molecule is CC(=O)c1ccc(Nc2ccc(NC(=O)CCOc3ccccc3)cn2)cc1. The molecule has 0 atom stereocenters. The van der Waals surface area contributed by atoms with Gasteiger partial charge in [0, 0.05) is 11.3 Å². The van der Waals surface area contributed by atoms with Crippen LogP contribution in [0.15, 0.2) is 72.9 Å². The summed E-state index contributed by atoms with van der Waals surface area (Å²) in [6, 6.07) is 20.1. The van der Waals surface area contributed by atoms with E-state index in [1.165, 1.54) is 6.92 Å². The number of benzene rings is 2. The quantitative estimate of drug-likeness (QED) is 0.569. The highest BCUT2D eigenvalue weighted by Gasteiger charge is 2.05. The Kier molecular flexibility index (Phi) is 6.36. The van der Waals surface area contributed by atoms with E-state index in [1.807, 2.05) is 42.5 Å². The van der Waals surface area contributed by atoms with Gasteiger partial charge >= 0.3 is 0 Å². The van der Waals surface area contributed by atoms with Crippen molar-refractivity contribution < 1.29 is 14.3 Å². The maximum absolute atomic E-state index is 12.0. The average molecular weight is 375 g/mol. The van der Waals surface area contributed by atoms with Gasteiger partial charge in [0.25, 0.3) is 0 Å². The number of Topliss-reactive ketones (excluding diaryl/α,β-unsaturated/α-hetero) is 1. The molecule has 2 N–H and O–H groups in total. The Morgan fingerprint density at radius 3 is 2.29 bits per heavy atom. The van der Waals surface area contributed by atoms with E-state index < -0.39 is 0 Å². The van der Waals surface area contributed by atoms with Crippen molar-refractivity contribution in [2.24, 2.45) is 0 Å². The summed E-state index contributed by atoms with van der Waals surface area (Å²) in [6.07, 6.45) is 1.83. The van der Waals surface area contributed by atoms with Gasteiger partial charge in [-0.3, -0.25) is 9.59 Å². The first-order valence-corrected chi connectivity index (χ1v) is 8.92. The molecule has 0 saturated heterocycles. The number of rotatable bonds is 8. The molecular formula is C22H21N3O3. The van der Waals surface area contributed by atoms with E-state index in [0.29, 0.717) is 23.7 Å². The summed E-state index contributed by atoms with van der Waals surface area (Å²) in [5.41, 5.74) is 2.10. The number of carbonyl (C=O) groups excluding carboxylic acids is 2. The number of para-hydroxylation sites is 1. The lowest BCUT2D eigenvalue weighted by Crippen LogP contribution is -2.15. The van der Waals surface area contributed by atoms with Crippen LogP contribution in [0.1, 0.15) is 23.7 Å². The number of pyridine rings is 1. The van der Waals surface area contributed by atoms with Gasteiger partial charge in [0.05, 0.1) is 24.9 Å². The van der Waals surface area contributed by atoms with E-state index in [9.17, 15) is 9.59 Å². The van der Waals surface area contributed by atoms with Crippen LogP contribution in [0.2, 0.25) is 0 Å². The van der Waals surface area contributed by atoms with Crippen molar-refractivity contribution in [1.29, 1.82) is 0 Å². The molecule has 0 saturated carbocycles. The van der Waals surface area contributed by atoms with Crippen LogP contribution in [0.3, 0.4) is 0 Å². The highest BCUT2D eigenvalue weighted by atomic mass is 16.5. The van der Waals surface area contributed by atoms with Crippen molar-refractivity contribution in [3.05, 3.63) is 78.5 Å². The molecule has 0 aliphatic carbocycles. The van der Waals surface area contributed by atoms with Crippen molar-refractivity contribution >= 4 is 28.9 Å². The van der Waals surface area contributed by atoms with Crippen molar-refractivity contribution in [3.63, 3.8) is 0 Å². The number of nitrogens with one attached hydrogen (secondary N) is 2. The molecule has 28 heavy (non-hydrogen) atoms. The summed E-state index contributed by atoms with van der Waals surface area (Å²) in [7, 11) is 0. The highest BCUT2D eigenvalue weighted by Crippen LogP contribution is 2.17.